The molecule has 0 bridgehead atoms. The second kappa shape index (κ2) is 5.09. The SMILES string of the molecule is OC1CCC(c2nc(-c3ccc(F)cc3)no2)CC1. The van der Waals surface area contributed by atoms with Crippen LogP contribution in [0.25, 0.3) is 11.4 Å². The summed E-state index contributed by atoms with van der Waals surface area (Å²) in [6, 6.07) is 6.02. The van der Waals surface area contributed by atoms with Gasteiger partial charge in [0.15, 0.2) is 0 Å². The minimum atomic E-state index is -0.284. The lowest BCUT2D eigenvalue weighted by Gasteiger charge is -2.22. The van der Waals surface area contributed by atoms with E-state index in [9.17, 15) is 9.50 Å². The van der Waals surface area contributed by atoms with Crippen molar-refractivity contribution in [1.82, 2.24) is 10.1 Å². The molecule has 1 aromatic heterocycles. The number of hydrogen-bond donors (Lipinski definition) is 1. The lowest BCUT2D eigenvalue weighted by molar-refractivity contribution is 0.116. The Bertz CT molecular complexity index is 545. The van der Waals surface area contributed by atoms with Gasteiger partial charge in [-0.3, -0.25) is 0 Å². The predicted molar refractivity (Wildman–Crippen MR) is 66.9 cm³/mol. The molecule has 1 fully saturated rings. The molecular formula is C14H15FN2O2. The Morgan fingerprint density at radius 3 is 2.47 bits per heavy atom. The first kappa shape index (κ1) is 12.3. The molecule has 1 aliphatic carbocycles. The van der Waals surface area contributed by atoms with Crippen LogP contribution in [0.15, 0.2) is 28.8 Å². The number of aliphatic hydroxyl groups excluding tert-OH is 1. The summed E-state index contributed by atoms with van der Waals surface area (Å²) >= 11 is 0. The molecule has 0 aliphatic heterocycles. The lowest BCUT2D eigenvalue weighted by atomic mass is 9.87. The largest absolute Gasteiger partial charge is 0.393 e. The molecule has 5 heteroatoms. The Hall–Kier alpha value is -1.75. The molecule has 3 rings (SSSR count). The molecule has 1 aromatic carbocycles. The number of rotatable bonds is 2. The van der Waals surface area contributed by atoms with Gasteiger partial charge in [0.1, 0.15) is 5.82 Å². The number of benzene rings is 1. The van der Waals surface area contributed by atoms with Crippen molar-refractivity contribution in [1.29, 1.82) is 0 Å². The van der Waals surface area contributed by atoms with E-state index in [2.05, 4.69) is 10.1 Å². The number of nitrogens with zero attached hydrogens (tertiary/aromatic N) is 2. The van der Waals surface area contributed by atoms with Gasteiger partial charge in [-0.2, -0.15) is 4.98 Å². The third-order valence-electron chi connectivity index (χ3n) is 3.59. The van der Waals surface area contributed by atoms with Crippen molar-refractivity contribution >= 4 is 0 Å². The third kappa shape index (κ3) is 2.66. The standard InChI is InChI=1S/C14H15FN2O2/c15-11-5-1-9(2-6-11)13-16-14(19-17-13)10-3-7-12(18)8-4-10/h1-2,5-6,10,12,18H,3-4,7-8H2. The maximum absolute atomic E-state index is 12.8. The highest BCUT2D eigenvalue weighted by atomic mass is 19.1. The van der Waals surface area contributed by atoms with E-state index in [0.717, 1.165) is 31.2 Å². The summed E-state index contributed by atoms with van der Waals surface area (Å²) in [6.45, 7) is 0. The summed E-state index contributed by atoms with van der Waals surface area (Å²) in [4.78, 5) is 4.38. The van der Waals surface area contributed by atoms with Gasteiger partial charge in [-0.15, -0.1) is 0 Å². The van der Waals surface area contributed by atoms with Crippen molar-refractivity contribution < 1.29 is 14.0 Å². The summed E-state index contributed by atoms with van der Waals surface area (Å²) in [5.41, 5.74) is 0.743. The maximum Gasteiger partial charge on any atom is 0.230 e. The fraction of sp³-hybridized carbons (Fsp3) is 0.429. The summed E-state index contributed by atoms with van der Waals surface area (Å²) in [6.07, 6.45) is 3.09. The third-order valence-corrected chi connectivity index (χ3v) is 3.59. The van der Waals surface area contributed by atoms with Gasteiger partial charge in [0, 0.05) is 11.5 Å². The lowest BCUT2D eigenvalue weighted by Crippen LogP contribution is -2.17. The molecule has 0 atom stereocenters. The van der Waals surface area contributed by atoms with E-state index in [-0.39, 0.29) is 17.8 Å². The van der Waals surface area contributed by atoms with Crippen LogP contribution in [0.3, 0.4) is 0 Å². The fourth-order valence-corrected chi connectivity index (χ4v) is 2.44. The van der Waals surface area contributed by atoms with E-state index in [4.69, 9.17) is 4.52 Å². The highest BCUT2D eigenvalue weighted by Crippen LogP contribution is 2.32. The summed E-state index contributed by atoms with van der Waals surface area (Å²) in [5.74, 6) is 1.05. The average molecular weight is 262 g/mol. The molecule has 19 heavy (non-hydrogen) atoms. The van der Waals surface area contributed by atoms with Crippen LogP contribution in [-0.2, 0) is 0 Å². The van der Waals surface area contributed by atoms with Gasteiger partial charge in [-0.05, 0) is 49.9 Å². The average Bonchev–Trinajstić information content (AvgIpc) is 2.90. The van der Waals surface area contributed by atoms with E-state index >= 15 is 0 Å². The molecule has 0 unspecified atom stereocenters. The van der Waals surface area contributed by atoms with Gasteiger partial charge in [-0.25, -0.2) is 4.39 Å². The van der Waals surface area contributed by atoms with Crippen molar-refractivity contribution in [2.24, 2.45) is 0 Å². The van der Waals surface area contributed by atoms with Gasteiger partial charge in [0.25, 0.3) is 0 Å². The first-order valence-electron chi connectivity index (χ1n) is 6.50. The number of hydrogen-bond acceptors (Lipinski definition) is 4. The zero-order valence-corrected chi connectivity index (χ0v) is 10.4. The van der Waals surface area contributed by atoms with Gasteiger partial charge in [-0.1, -0.05) is 5.16 Å². The highest BCUT2D eigenvalue weighted by Gasteiger charge is 2.25. The molecule has 0 amide bonds. The van der Waals surface area contributed by atoms with E-state index in [1.54, 1.807) is 12.1 Å². The van der Waals surface area contributed by atoms with E-state index in [1.807, 2.05) is 0 Å². The van der Waals surface area contributed by atoms with Gasteiger partial charge in [0.05, 0.1) is 6.10 Å². The van der Waals surface area contributed by atoms with Crippen molar-refractivity contribution in [3.05, 3.63) is 36.0 Å². The zero-order chi connectivity index (χ0) is 13.2. The van der Waals surface area contributed by atoms with Gasteiger partial charge >= 0.3 is 0 Å². The van der Waals surface area contributed by atoms with Crippen LogP contribution in [0.2, 0.25) is 0 Å². The van der Waals surface area contributed by atoms with Crippen LogP contribution in [0.5, 0.6) is 0 Å². The molecule has 0 spiro atoms. The molecule has 1 N–H and O–H groups in total. The van der Waals surface area contributed by atoms with Crippen LogP contribution < -0.4 is 0 Å². The van der Waals surface area contributed by atoms with Crippen LogP contribution in [0, 0.1) is 5.82 Å². The van der Waals surface area contributed by atoms with E-state index in [1.165, 1.54) is 12.1 Å². The normalized spacial score (nSPS) is 23.5. The maximum atomic E-state index is 12.8. The molecule has 1 aliphatic rings. The molecule has 1 saturated carbocycles. The quantitative estimate of drug-likeness (QED) is 0.904. The number of aliphatic hydroxyl groups is 1. The monoisotopic (exact) mass is 262 g/mol. The van der Waals surface area contributed by atoms with Crippen LogP contribution >= 0.6 is 0 Å². The van der Waals surface area contributed by atoms with Crippen molar-refractivity contribution in [3.63, 3.8) is 0 Å². The first-order valence-corrected chi connectivity index (χ1v) is 6.50. The minimum Gasteiger partial charge on any atom is -0.393 e. The van der Waals surface area contributed by atoms with Crippen molar-refractivity contribution in [2.75, 3.05) is 0 Å². The molecule has 0 radical (unpaired) electrons. The smallest absolute Gasteiger partial charge is 0.230 e. The van der Waals surface area contributed by atoms with Crippen molar-refractivity contribution in [3.8, 4) is 11.4 Å². The van der Waals surface area contributed by atoms with Crippen LogP contribution in [-0.4, -0.2) is 21.4 Å². The van der Waals surface area contributed by atoms with Crippen LogP contribution in [0.4, 0.5) is 4.39 Å². The van der Waals surface area contributed by atoms with Gasteiger partial charge in [0.2, 0.25) is 11.7 Å². The predicted octanol–water partition coefficient (Wildman–Crippen LogP) is 2.89. The minimum absolute atomic E-state index is 0.198. The van der Waals surface area contributed by atoms with E-state index in [0.29, 0.717) is 11.7 Å². The number of halogens is 1. The van der Waals surface area contributed by atoms with Crippen molar-refractivity contribution in [2.45, 2.75) is 37.7 Å². The van der Waals surface area contributed by atoms with E-state index < -0.39 is 0 Å². The molecule has 0 saturated heterocycles. The Morgan fingerprint density at radius 2 is 1.79 bits per heavy atom. The molecule has 100 valence electrons. The summed E-state index contributed by atoms with van der Waals surface area (Å²) < 4.78 is 18.1. The Labute approximate surface area is 110 Å². The Kier molecular flexibility index (Phi) is 3.29. The first-order chi connectivity index (χ1) is 9.22. The van der Waals surface area contributed by atoms with Crippen LogP contribution in [0.1, 0.15) is 37.5 Å². The number of aromatic nitrogens is 2. The summed E-state index contributed by atoms with van der Waals surface area (Å²) in [7, 11) is 0. The molecular weight excluding hydrogens is 247 g/mol. The van der Waals surface area contributed by atoms with Gasteiger partial charge < -0.3 is 9.63 Å². The Morgan fingerprint density at radius 1 is 1.11 bits per heavy atom. The summed E-state index contributed by atoms with van der Waals surface area (Å²) in [5, 5.41) is 13.4. The second-order valence-corrected chi connectivity index (χ2v) is 4.97. The topological polar surface area (TPSA) is 59.2 Å². The second-order valence-electron chi connectivity index (χ2n) is 4.97. The zero-order valence-electron chi connectivity index (χ0n) is 10.4. The fourth-order valence-electron chi connectivity index (χ4n) is 2.44. The molecule has 4 nitrogen and oxygen atoms in total. The molecule has 1 heterocycles. The Balaban J connectivity index is 1.77. The molecule has 2 aromatic rings. The highest BCUT2D eigenvalue weighted by molar-refractivity contribution is 5.53.